The van der Waals surface area contributed by atoms with Crippen LogP contribution in [0.5, 0.6) is 0 Å². The average molecular weight is 333 g/mol. The third kappa shape index (κ3) is 3.16. The summed E-state index contributed by atoms with van der Waals surface area (Å²) in [6, 6.07) is 11.0. The van der Waals surface area contributed by atoms with Gasteiger partial charge < -0.3 is 0 Å². The number of benzene rings is 1. The Bertz CT molecular complexity index is 843. The van der Waals surface area contributed by atoms with Crippen molar-refractivity contribution in [1.29, 1.82) is 0 Å². The second kappa shape index (κ2) is 6.12. The Kier molecular flexibility index (Phi) is 4.19. The molecule has 0 radical (unpaired) electrons. The van der Waals surface area contributed by atoms with Crippen molar-refractivity contribution in [3.8, 4) is 0 Å². The first-order valence-electron chi connectivity index (χ1n) is 6.81. The fourth-order valence-electron chi connectivity index (χ4n) is 2.01. The van der Waals surface area contributed by atoms with Crippen LogP contribution in [0.3, 0.4) is 0 Å². The first kappa shape index (κ1) is 15.1. The highest BCUT2D eigenvalue weighted by Gasteiger charge is 2.17. The van der Waals surface area contributed by atoms with Crippen molar-refractivity contribution in [3.63, 3.8) is 0 Å². The molecule has 0 spiro atoms. The molecule has 3 rings (SSSR count). The highest BCUT2D eigenvalue weighted by molar-refractivity contribution is 7.89. The van der Waals surface area contributed by atoms with Gasteiger partial charge in [-0.1, -0.05) is 19.1 Å². The fourth-order valence-corrected chi connectivity index (χ4v) is 4.12. The maximum absolute atomic E-state index is 12.2. The van der Waals surface area contributed by atoms with Crippen molar-refractivity contribution < 1.29 is 8.42 Å². The SMILES string of the molecule is CC(CNS(=O)(=O)c1cccnc1)c1nc2ccccc2s1. The molecule has 7 heteroatoms. The summed E-state index contributed by atoms with van der Waals surface area (Å²) < 4.78 is 28.1. The van der Waals surface area contributed by atoms with Gasteiger partial charge in [0.1, 0.15) is 4.90 Å². The number of aromatic nitrogens is 2. The lowest BCUT2D eigenvalue weighted by molar-refractivity contribution is 0.574. The molecule has 1 aromatic carbocycles. The maximum atomic E-state index is 12.2. The van der Waals surface area contributed by atoms with Crippen LogP contribution in [-0.4, -0.2) is 24.9 Å². The smallest absolute Gasteiger partial charge is 0.242 e. The first-order chi connectivity index (χ1) is 10.6. The zero-order valence-corrected chi connectivity index (χ0v) is 13.6. The molecule has 0 bridgehead atoms. The number of fused-ring (bicyclic) bond motifs is 1. The summed E-state index contributed by atoms with van der Waals surface area (Å²) in [6.07, 6.45) is 2.88. The molecule has 0 saturated carbocycles. The monoisotopic (exact) mass is 333 g/mol. The average Bonchev–Trinajstić information content (AvgIpc) is 2.98. The van der Waals surface area contributed by atoms with E-state index in [4.69, 9.17) is 0 Å². The molecule has 0 fully saturated rings. The van der Waals surface area contributed by atoms with Crippen molar-refractivity contribution in [2.24, 2.45) is 0 Å². The molecule has 0 aliphatic heterocycles. The summed E-state index contributed by atoms with van der Waals surface area (Å²) in [7, 11) is -3.53. The minimum Gasteiger partial charge on any atom is -0.263 e. The molecule has 0 aliphatic rings. The van der Waals surface area contributed by atoms with Crippen molar-refractivity contribution in [2.75, 3.05) is 6.54 Å². The van der Waals surface area contributed by atoms with Crippen molar-refractivity contribution in [1.82, 2.24) is 14.7 Å². The van der Waals surface area contributed by atoms with Crippen molar-refractivity contribution in [2.45, 2.75) is 17.7 Å². The number of hydrogen-bond donors (Lipinski definition) is 1. The van der Waals surface area contributed by atoms with E-state index in [1.54, 1.807) is 23.6 Å². The van der Waals surface area contributed by atoms with Gasteiger partial charge in [-0.25, -0.2) is 18.1 Å². The molecule has 0 saturated heterocycles. The number of thiazole rings is 1. The minimum atomic E-state index is -3.53. The van der Waals surface area contributed by atoms with E-state index in [9.17, 15) is 8.42 Å². The largest absolute Gasteiger partial charge is 0.263 e. The summed E-state index contributed by atoms with van der Waals surface area (Å²) in [5.41, 5.74) is 0.949. The van der Waals surface area contributed by atoms with E-state index in [0.717, 1.165) is 15.2 Å². The van der Waals surface area contributed by atoms with Crippen LogP contribution in [0.1, 0.15) is 17.8 Å². The van der Waals surface area contributed by atoms with Gasteiger partial charge in [0.05, 0.1) is 15.2 Å². The summed E-state index contributed by atoms with van der Waals surface area (Å²) in [5.74, 6) is 0.00356. The molecule has 3 aromatic rings. The third-order valence-electron chi connectivity index (χ3n) is 3.26. The van der Waals surface area contributed by atoms with Gasteiger partial charge in [0.2, 0.25) is 10.0 Å². The lowest BCUT2D eigenvalue weighted by Gasteiger charge is -2.10. The molecular weight excluding hydrogens is 318 g/mol. The van der Waals surface area contributed by atoms with Gasteiger partial charge >= 0.3 is 0 Å². The van der Waals surface area contributed by atoms with Gasteiger partial charge in [-0.3, -0.25) is 4.98 Å². The van der Waals surface area contributed by atoms with Gasteiger partial charge in [-0.05, 0) is 24.3 Å². The number of sulfonamides is 1. The Morgan fingerprint density at radius 3 is 2.77 bits per heavy atom. The molecule has 1 unspecified atom stereocenters. The minimum absolute atomic E-state index is 0.00356. The predicted octanol–water partition coefficient (Wildman–Crippen LogP) is 2.77. The lowest BCUT2D eigenvalue weighted by Crippen LogP contribution is -2.27. The van der Waals surface area contributed by atoms with E-state index in [2.05, 4.69) is 14.7 Å². The van der Waals surface area contributed by atoms with Gasteiger partial charge in [0.15, 0.2) is 0 Å². The molecule has 114 valence electrons. The Morgan fingerprint density at radius 1 is 1.23 bits per heavy atom. The van der Waals surface area contributed by atoms with Gasteiger partial charge in [-0.15, -0.1) is 11.3 Å². The van der Waals surface area contributed by atoms with E-state index in [1.165, 1.54) is 12.3 Å². The van der Waals surface area contributed by atoms with E-state index >= 15 is 0 Å². The topological polar surface area (TPSA) is 72.0 Å². The normalized spacial score (nSPS) is 13.3. The lowest BCUT2D eigenvalue weighted by atomic mass is 10.2. The number of nitrogens with zero attached hydrogens (tertiary/aromatic N) is 2. The summed E-state index contributed by atoms with van der Waals surface area (Å²) >= 11 is 1.59. The van der Waals surface area contributed by atoms with Crippen LogP contribution in [0.25, 0.3) is 10.2 Å². The molecule has 5 nitrogen and oxygen atoms in total. The Labute approximate surface area is 133 Å². The third-order valence-corrected chi connectivity index (χ3v) is 5.93. The van der Waals surface area contributed by atoms with Crippen LogP contribution in [-0.2, 0) is 10.0 Å². The standard InChI is InChI=1S/C15H15N3O2S2/c1-11(15-18-13-6-2-3-7-14(13)21-15)9-17-22(19,20)12-5-4-8-16-10-12/h2-8,10-11,17H,9H2,1H3. The van der Waals surface area contributed by atoms with Crippen LogP contribution in [0.15, 0.2) is 53.7 Å². The number of para-hydroxylation sites is 1. The summed E-state index contributed by atoms with van der Waals surface area (Å²) in [6.45, 7) is 2.26. The Hall–Kier alpha value is -1.83. The van der Waals surface area contributed by atoms with Crippen molar-refractivity contribution >= 4 is 31.6 Å². The number of nitrogens with one attached hydrogen (secondary N) is 1. The van der Waals surface area contributed by atoms with E-state index in [0.29, 0.717) is 6.54 Å². The zero-order chi connectivity index (χ0) is 15.6. The summed E-state index contributed by atoms with van der Waals surface area (Å²) in [4.78, 5) is 8.57. The number of hydrogen-bond acceptors (Lipinski definition) is 5. The van der Waals surface area contributed by atoms with E-state index < -0.39 is 10.0 Å². The number of pyridine rings is 1. The first-order valence-corrected chi connectivity index (χ1v) is 9.11. The fraction of sp³-hybridized carbons (Fsp3) is 0.200. The molecule has 0 aliphatic carbocycles. The van der Waals surface area contributed by atoms with Crippen molar-refractivity contribution in [3.05, 3.63) is 53.8 Å². The number of rotatable bonds is 5. The highest BCUT2D eigenvalue weighted by atomic mass is 32.2. The summed E-state index contributed by atoms with van der Waals surface area (Å²) in [5, 5.41) is 0.926. The van der Waals surface area contributed by atoms with E-state index in [1.807, 2.05) is 31.2 Å². The Morgan fingerprint density at radius 2 is 2.05 bits per heavy atom. The molecular formula is C15H15N3O2S2. The van der Waals surface area contributed by atoms with Crippen LogP contribution in [0.4, 0.5) is 0 Å². The van der Waals surface area contributed by atoms with Crippen LogP contribution < -0.4 is 4.72 Å². The Balaban J connectivity index is 1.73. The molecule has 2 heterocycles. The maximum Gasteiger partial charge on any atom is 0.242 e. The second-order valence-corrected chi connectivity index (χ2v) is 7.79. The van der Waals surface area contributed by atoms with Gasteiger partial charge in [0.25, 0.3) is 0 Å². The van der Waals surface area contributed by atoms with Crippen LogP contribution >= 0.6 is 11.3 Å². The molecule has 22 heavy (non-hydrogen) atoms. The van der Waals surface area contributed by atoms with Gasteiger partial charge in [-0.2, -0.15) is 0 Å². The quantitative estimate of drug-likeness (QED) is 0.779. The zero-order valence-electron chi connectivity index (χ0n) is 11.9. The van der Waals surface area contributed by atoms with Crippen LogP contribution in [0, 0.1) is 0 Å². The molecule has 0 amide bonds. The van der Waals surface area contributed by atoms with Crippen LogP contribution in [0.2, 0.25) is 0 Å². The molecule has 2 aromatic heterocycles. The predicted molar refractivity (Wildman–Crippen MR) is 87.5 cm³/mol. The molecule has 1 atom stereocenters. The molecule has 1 N–H and O–H groups in total. The van der Waals surface area contributed by atoms with Gasteiger partial charge in [0, 0.05) is 24.9 Å². The highest BCUT2D eigenvalue weighted by Crippen LogP contribution is 2.27. The van der Waals surface area contributed by atoms with E-state index in [-0.39, 0.29) is 10.8 Å². The second-order valence-electron chi connectivity index (χ2n) is 4.96.